The van der Waals surface area contributed by atoms with Gasteiger partial charge in [-0.3, -0.25) is 10.6 Å². The number of rotatable bonds is 6. The van der Waals surface area contributed by atoms with Gasteiger partial charge >= 0.3 is 0 Å². The summed E-state index contributed by atoms with van der Waals surface area (Å²) in [5, 5.41) is 28.6. The molecule has 8 rings (SSSR count). The molecule has 4 aliphatic rings. The number of para-hydroxylation sites is 4. The van der Waals surface area contributed by atoms with E-state index in [1.54, 1.807) is 12.1 Å². The molecular weight excluding hydrogens is 649 g/mol. The third-order valence-corrected chi connectivity index (χ3v) is 11.1. The molecule has 0 bridgehead atoms. The van der Waals surface area contributed by atoms with Gasteiger partial charge in [-0.25, -0.2) is 9.80 Å². The molecule has 4 heterocycles. The lowest BCUT2D eigenvalue weighted by atomic mass is 9.90. The van der Waals surface area contributed by atoms with E-state index in [-0.39, 0.29) is 49.0 Å². The van der Waals surface area contributed by atoms with Gasteiger partial charge in [-0.05, 0) is 36.1 Å². The number of phenols is 2. The van der Waals surface area contributed by atoms with Crippen LogP contribution in [0.15, 0.2) is 97.1 Å². The summed E-state index contributed by atoms with van der Waals surface area (Å²) in [4.78, 5) is 4.96. The molecule has 52 heavy (non-hydrogen) atoms. The fourth-order valence-corrected chi connectivity index (χ4v) is 8.83. The summed E-state index contributed by atoms with van der Waals surface area (Å²) in [7, 11) is 0. The summed E-state index contributed by atoms with van der Waals surface area (Å²) >= 11 is 0. The van der Waals surface area contributed by atoms with Crippen molar-refractivity contribution >= 4 is 0 Å². The number of fused-ring (bicyclic) bond motifs is 6. The van der Waals surface area contributed by atoms with Crippen molar-refractivity contribution in [1.29, 1.82) is 0 Å². The highest BCUT2D eigenvalue weighted by Gasteiger charge is 2.53. The maximum absolute atomic E-state index is 10.5. The van der Waals surface area contributed by atoms with E-state index in [2.05, 4.69) is 112 Å². The van der Waals surface area contributed by atoms with Crippen molar-refractivity contribution in [3.63, 3.8) is 0 Å². The van der Waals surface area contributed by atoms with Crippen LogP contribution in [0.4, 0.5) is 0 Å². The van der Waals surface area contributed by atoms with Crippen molar-refractivity contribution in [2.24, 2.45) is 23.7 Å². The first-order valence-corrected chi connectivity index (χ1v) is 19.1. The Morgan fingerprint density at radius 1 is 0.462 bits per heavy atom. The number of phenolic OH excluding ortho intramolecular Hbond substituents is 2. The second-order valence-electron chi connectivity index (χ2n) is 16.1. The van der Waals surface area contributed by atoms with E-state index in [9.17, 15) is 10.2 Å². The summed E-state index contributed by atoms with van der Waals surface area (Å²) < 4.78 is 12.9. The van der Waals surface area contributed by atoms with Gasteiger partial charge in [-0.2, -0.15) is 0 Å². The molecule has 0 spiro atoms. The van der Waals surface area contributed by atoms with Crippen molar-refractivity contribution in [1.82, 2.24) is 20.4 Å². The van der Waals surface area contributed by atoms with Crippen molar-refractivity contribution in [2.75, 3.05) is 0 Å². The van der Waals surface area contributed by atoms with Crippen molar-refractivity contribution in [3.8, 4) is 23.0 Å². The second-order valence-corrected chi connectivity index (χ2v) is 16.1. The lowest BCUT2D eigenvalue weighted by Crippen LogP contribution is -2.53. The molecule has 0 saturated carbocycles. The maximum atomic E-state index is 10.5. The molecule has 4 aromatic rings. The molecule has 8 atom stereocenters. The second kappa shape index (κ2) is 14.7. The molecule has 8 heteroatoms. The van der Waals surface area contributed by atoms with E-state index in [1.165, 1.54) is 11.1 Å². The Morgan fingerprint density at radius 3 is 1.12 bits per heavy atom. The smallest absolute Gasteiger partial charge is 0.156 e. The van der Waals surface area contributed by atoms with Crippen LogP contribution >= 0.6 is 0 Å². The van der Waals surface area contributed by atoms with Crippen LogP contribution in [0, 0.1) is 23.7 Å². The first kappa shape index (κ1) is 36.3. The minimum absolute atomic E-state index is 0.00524. The number of nitrogens with zero attached hydrogens (tertiary/aromatic N) is 2. The fraction of sp³-hybridized carbons (Fsp3) is 0.455. The van der Waals surface area contributed by atoms with Gasteiger partial charge in [-0.1, -0.05) is 128 Å². The van der Waals surface area contributed by atoms with Crippen LogP contribution in [0.2, 0.25) is 0 Å². The SMILES string of the molecule is CC(C)[C@H]1Oc2ccccc2[C@@H]2[C@@H](c3ccccc3O)N[C@@H](C(C)C)N12.CC(C)[C@H]1Oc2ccccc2[C@@H]2[C@@H](c3ccccc3O)N[C@@H](C(C)C)N12. The predicted octanol–water partition coefficient (Wildman–Crippen LogP) is 8.87. The largest absolute Gasteiger partial charge is 0.508 e. The maximum Gasteiger partial charge on any atom is 0.156 e. The standard InChI is InChI=1S/2C22H28N2O2/c2*1-13(2)21-23-19(15-9-5-7-11-17(15)25)20-16-10-6-8-12-18(16)26-22(14(3)4)24(20)21/h2*5-14,19-23,25H,1-4H3/t2*19-,20-,21-,22-/m11/s1. The highest BCUT2D eigenvalue weighted by atomic mass is 16.5. The van der Waals surface area contributed by atoms with Crippen LogP contribution in [-0.2, 0) is 0 Å². The average Bonchev–Trinajstić information content (AvgIpc) is 3.73. The zero-order valence-electron chi connectivity index (χ0n) is 31.8. The van der Waals surface area contributed by atoms with E-state index >= 15 is 0 Å². The molecule has 0 aromatic heterocycles. The molecule has 4 aliphatic heterocycles. The molecule has 0 unspecified atom stereocenters. The summed E-state index contributed by atoms with van der Waals surface area (Å²) in [5.41, 5.74) is 4.27. The molecule has 0 aliphatic carbocycles. The molecule has 276 valence electrons. The summed E-state index contributed by atoms with van der Waals surface area (Å²) in [5.74, 6) is 4.16. The van der Waals surface area contributed by atoms with Crippen molar-refractivity contribution in [2.45, 2.75) is 104 Å². The third-order valence-electron chi connectivity index (χ3n) is 11.1. The molecule has 0 amide bonds. The van der Waals surface area contributed by atoms with Crippen LogP contribution in [0.1, 0.15) is 102 Å². The van der Waals surface area contributed by atoms with E-state index in [0.717, 1.165) is 22.6 Å². The highest BCUT2D eigenvalue weighted by molar-refractivity contribution is 5.46. The summed E-state index contributed by atoms with van der Waals surface area (Å²) in [6, 6.07) is 32.3. The van der Waals surface area contributed by atoms with Gasteiger partial charge in [0.05, 0.1) is 36.5 Å². The number of hydrogen-bond donors (Lipinski definition) is 4. The molecule has 8 nitrogen and oxygen atoms in total. The first-order valence-electron chi connectivity index (χ1n) is 19.1. The number of benzene rings is 4. The van der Waals surface area contributed by atoms with Crippen LogP contribution < -0.4 is 20.1 Å². The van der Waals surface area contributed by atoms with Crippen LogP contribution in [0.3, 0.4) is 0 Å². The first-order chi connectivity index (χ1) is 25.0. The molecule has 4 aromatic carbocycles. The Bertz CT molecular complexity index is 1710. The average molecular weight is 705 g/mol. The van der Waals surface area contributed by atoms with Gasteiger partial charge in [0.15, 0.2) is 12.5 Å². The lowest BCUT2D eigenvalue weighted by Gasteiger charge is -2.44. The molecule has 0 radical (unpaired) electrons. The van der Waals surface area contributed by atoms with Crippen LogP contribution in [0.25, 0.3) is 0 Å². The zero-order chi connectivity index (χ0) is 36.8. The van der Waals surface area contributed by atoms with E-state index in [4.69, 9.17) is 9.47 Å². The Morgan fingerprint density at radius 2 is 0.788 bits per heavy atom. The number of nitrogens with one attached hydrogen (secondary N) is 2. The Kier molecular flexibility index (Phi) is 10.3. The van der Waals surface area contributed by atoms with E-state index in [0.29, 0.717) is 35.2 Å². The van der Waals surface area contributed by atoms with Gasteiger partial charge in [0.1, 0.15) is 23.0 Å². The number of aromatic hydroxyl groups is 2. The van der Waals surface area contributed by atoms with Gasteiger partial charge in [0.2, 0.25) is 0 Å². The molecule has 4 N–H and O–H groups in total. The monoisotopic (exact) mass is 704 g/mol. The normalized spacial score (nSPS) is 28.1. The molecule has 2 saturated heterocycles. The van der Waals surface area contributed by atoms with Crippen LogP contribution in [-0.4, -0.2) is 44.8 Å². The topological polar surface area (TPSA) is 89.5 Å². The third kappa shape index (κ3) is 6.44. The van der Waals surface area contributed by atoms with Gasteiger partial charge < -0.3 is 19.7 Å². The summed E-state index contributed by atoms with van der Waals surface area (Å²) in [6.07, 6.45) is 0.382. The summed E-state index contributed by atoms with van der Waals surface area (Å²) in [6.45, 7) is 17.8. The van der Waals surface area contributed by atoms with Crippen molar-refractivity contribution in [3.05, 3.63) is 119 Å². The van der Waals surface area contributed by atoms with Crippen LogP contribution in [0.5, 0.6) is 23.0 Å². The fourth-order valence-electron chi connectivity index (χ4n) is 8.83. The predicted molar refractivity (Wildman–Crippen MR) is 206 cm³/mol. The quantitative estimate of drug-likeness (QED) is 0.158. The number of hydrogen-bond acceptors (Lipinski definition) is 8. The van der Waals surface area contributed by atoms with Gasteiger partial charge in [0, 0.05) is 34.1 Å². The Hall–Kier alpha value is -4.08. The zero-order valence-corrected chi connectivity index (χ0v) is 31.8. The molecule has 2 fully saturated rings. The number of ether oxygens (including phenoxy) is 2. The lowest BCUT2D eigenvalue weighted by molar-refractivity contribution is -0.0712. The van der Waals surface area contributed by atoms with E-state index < -0.39 is 0 Å². The van der Waals surface area contributed by atoms with Gasteiger partial charge in [-0.15, -0.1) is 0 Å². The van der Waals surface area contributed by atoms with E-state index in [1.807, 2.05) is 48.5 Å². The Balaban J connectivity index is 0.000000162. The minimum atomic E-state index is 0.00524. The minimum Gasteiger partial charge on any atom is -0.508 e. The van der Waals surface area contributed by atoms with Crippen molar-refractivity contribution < 1.29 is 19.7 Å². The van der Waals surface area contributed by atoms with Gasteiger partial charge in [0.25, 0.3) is 0 Å². The highest BCUT2D eigenvalue weighted by Crippen LogP contribution is 2.53. The molecular formula is C44H56N4O4. The Labute approximate surface area is 309 Å².